The van der Waals surface area contributed by atoms with E-state index in [-0.39, 0.29) is 30.1 Å². The molecule has 7 heteroatoms. The largest absolute Gasteiger partial charge is 0.356 e. The number of nitrogens with zero attached hydrogens (tertiary/aromatic N) is 2. The molecule has 2 amide bonds. The van der Waals surface area contributed by atoms with Gasteiger partial charge < -0.3 is 15.5 Å². The van der Waals surface area contributed by atoms with E-state index in [0.717, 1.165) is 32.5 Å². The molecule has 1 aliphatic rings. The highest BCUT2D eigenvalue weighted by Gasteiger charge is 2.30. The lowest BCUT2D eigenvalue weighted by molar-refractivity contribution is -0.125. The molecule has 1 fully saturated rings. The lowest BCUT2D eigenvalue weighted by Crippen LogP contribution is -2.46. The summed E-state index contributed by atoms with van der Waals surface area (Å²) < 4.78 is 0. The Kier molecular flexibility index (Phi) is 8.79. The number of carbonyl (C=O) groups is 3. The molecule has 1 heterocycles. The van der Waals surface area contributed by atoms with Crippen molar-refractivity contribution < 1.29 is 14.4 Å². The molecule has 0 radical (unpaired) electrons. The molecular weight excluding hydrogens is 305 g/mol. The third kappa shape index (κ3) is 8.08. The van der Waals surface area contributed by atoms with Crippen molar-refractivity contribution in [1.82, 2.24) is 20.4 Å². The fourth-order valence-electron chi connectivity index (χ4n) is 2.60. The molecule has 0 aromatic carbocycles. The van der Waals surface area contributed by atoms with Crippen LogP contribution in [-0.2, 0) is 14.4 Å². The minimum Gasteiger partial charge on any atom is -0.356 e. The summed E-state index contributed by atoms with van der Waals surface area (Å²) in [6.07, 6.45) is 2.51. The van der Waals surface area contributed by atoms with E-state index in [2.05, 4.69) is 20.4 Å². The summed E-state index contributed by atoms with van der Waals surface area (Å²) in [4.78, 5) is 38.9. The molecule has 1 aliphatic heterocycles. The number of ketones is 1. The van der Waals surface area contributed by atoms with Crippen molar-refractivity contribution in [2.75, 3.05) is 46.8 Å². The van der Waals surface area contributed by atoms with Gasteiger partial charge in [-0.05, 0) is 40.4 Å². The smallest absolute Gasteiger partial charge is 0.237 e. The third-order valence-electron chi connectivity index (χ3n) is 3.95. The van der Waals surface area contributed by atoms with Gasteiger partial charge in [0.25, 0.3) is 0 Å². The van der Waals surface area contributed by atoms with Crippen molar-refractivity contribution in [1.29, 1.82) is 0 Å². The average Bonchev–Trinajstić information content (AvgIpc) is 2.93. The van der Waals surface area contributed by atoms with Gasteiger partial charge in [-0.1, -0.05) is 0 Å². The molecule has 0 aliphatic carbocycles. The van der Waals surface area contributed by atoms with Gasteiger partial charge in [-0.2, -0.15) is 0 Å². The van der Waals surface area contributed by atoms with Crippen LogP contribution < -0.4 is 10.6 Å². The maximum absolute atomic E-state index is 12.2. The Balaban J connectivity index is 2.22. The monoisotopic (exact) mass is 335 g/mol. The van der Waals surface area contributed by atoms with Gasteiger partial charge in [0.05, 0.1) is 6.04 Å². The van der Waals surface area contributed by atoms with Crippen LogP contribution in [0.3, 0.4) is 0 Å². The Bertz CT molecular complexity index is 412. The van der Waals surface area contributed by atoms with Crippen LogP contribution in [0.25, 0.3) is 0 Å². The van der Waals surface area contributed by atoms with Gasteiger partial charge in [-0.3, -0.25) is 19.3 Å². The molecule has 23 heavy (non-hydrogen) atoms. The number of nitrogens with one attached hydrogen (secondary N) is 2. The van der Waals surface area contributed by atoms with Gasteiger partial charge in [-0.15, -0.1) is 0 Å². The van der Waals surface area contributed by atoms with Crippen molar-refractivity contribution in [3.63, 3.8) is 0 Å². The normalized spacial score (nSPS) is 18.2. The van der Waals surface area contributed by atoms with Crippen LogP contribution in [0.4, 0.5) is 0 Å². The van der Waals surface area contributed by atoms with Gasteiger partial charge in [0.2, 0.25) is 11.8 Å². The summed E-state index contributed by atoms with van der Waals surface area (Å²) in [6.45, 7) is 4.97. The van der Waals surface area contributed by atoms with Crippen LogP contribution in [0.1, 0.15) is 32.6 Å². The Hall–Kier alpha value is -1.47. The van der Waals surface area contributed by atoms with Crippen LogP contribution in [-0.4, -0.2) is 80.3 Å². The van der Waals surface area contributed by atoms with Crippen molar-refractivity contribution in [2.45, 2.75) is 38.6 Å². The highest BCUT2D eigenvalue weighted by atomic mass is 16.3. The predicted octanol–water partition coefficient (Wildman–Crippen LogP) is -0.386. The van der Waals surface area contributed by atoms with Crippen LogP contribution in [0, 0.1) is 0 Å². The number of carbonyl (C=O) groups excluding carboxylic acids is 3. The molecule has 2 N–H and O–H groups in total. The number of likely N-dealkylation sites (tertiary alicyclic amines) is 1. The minimum absolute atomic E-state index is 0.0118. The second-order valence-electron chi connectivity index (χ2n) is 6.34. The lowest BCUT2D eigenvalue weighted by Gasteiger charge is -2.25. The van der Waals surface area contributed by atoms with E-state index >= 15 is 0 Å². The molecule has 0 saturated carbocycles. The summed E-state index contributed by atoms with van der Waals surface area (Å²) in [7, 11) is 4.05. The van der Waals surface area contributed by atoms with E-state index in [1.807, 2.05) is 14.1 Å². The first kappa shape index (κ1) is 19.6. The Labute approximate surface area is 138 Å². The second-order valence-corrected chi connectivity index (χ2v) is 6.34. The quantitative estimate of drug-likeness (QED) is 0.420. The molecule has 132 valence electrons. The predicted molar refractivity (Wildman–Crippen MR) is 89.1 cm³/mol. The van der Waals surface area contributed by atoms with Gasteiger partial charge in [-0.25, -0.2) is 0 Å². The molecule has 0 bridgehead atoms. The second kappa shape index (κ2) is 10.3. The van der Waals surface area contributed by atoms with E-state index in [9.17, 15) is 14.4 Å². The van der Waals surface area contributed by atoms with Crippen LogP contribution >= 0.6 is 0 Å². The van der Waals surface area contributed by atoms with E-state index < -0.39 is 0 Å². The molecule has 7 nitrogen and oxygen atoms in total. The van der Waals surface area contributed by atoms with Crippen molar-refractivity contribution in [3.8, 4) is 0 Å². The van der Waals surface area contributed by atoms with E-state index in [0.29, 0.717) is 19.5 Å². The van der Waals surface area contributed by atoms with E-state index in [4.69, 9.17) is 0 Å². The first-order valence-corrected chi connectivity index (χ1v) is 8.32. The molecule has 1 unspecified atom stereocenters. The Morgan fingerprint density at radius 2 is 1.83 bits per heavy atom. The fraction of sp³-hybridized carbons (Fsp3) is 0.812. The maximum Gasteiger partial charge on any atom is 0.237 e. The van der Waals surface area contributed by atoms with Gasteiger partial charge >= 0.3 is 0 Å². The van der Waals surface area contributed by atoms with Crippen molar-refractivity contribution in [3.05, 3.63) is 0 Å². The molecule has 1 saturated heterocycles. The summed E-state index contributed by atoms with van der Waals surface area (Å²) in [6, 6.07) is -0.0734. The van der Waals surface area contributed by atoms with Gasteiger partial charge in [0, 0.05) is 39.0 Å². The van der Waals surface area contributed by atoms with Crippen LogP contribution in [0.2, 0.25) is 0 Å². The molecule has 1 rings (SSSR count). The minimum atomic E-state index is -0.137. The third-order valence-corrected chi connectivity index (χ3v) is 3.95. The molecule has 0 aromatic rings. The maximum atomic E-state index is 12.2. The van der Waals surface area contributed by atoms with E-state index in [1.165, 1.54) is 6.92 Å². The van der Waals surface area contributed by atoms with Crippen LogP contribution in [0.5, 0.6) is 0 Å². The number of hydrogen-bond acceptors (Lipinski definition) is 5. The Morgan fingerprint density at radius 1 is 1.13 bits per heavy atom. The first-order valence-electron chi connectivity index (χ1n) is 8.32. The number of amides is 2. The van der Waals surface area contributed by atoms with Gasteiger partial charge in [0.1, 0.15) is 5.78 Å². The van der Waals surface area contributed by atoms with Crippen molar-refractivity contribution in [2.24, 2.45) is 0 Å². The Morgan fingerprint density at radius 3 is 2.48 bits per heavy atom. The van der Waals surface area contributed by atoms with Crippen LogP contribution in [0.15, 0.2) is 0 Å². The summed E-state index contributed by atoms with van der Waals surface area (Å²) in [5, 5.41) is 5.52. The zero-order valence-electron chi connectivity index (χ0n) is 14.6. The standard InChI is InChI=1S/C16H30N4O3/c1-13(21)6-8-17-15(22)7-9-18-16(23)14-5-4-10-20(14)12-11-19(2)3/h14H,4-12H2,1-3H3,(H,17,22)(H,18,23)/i6+1,7+1,8+1,11+1,12+1,13+1,15+1,17+1,20+1. The van der Waals surface area contributed by atoms with Crippen molar-refractivity contribution >= 4 is 17.6 Å². The highest BCUT2D eigenvalue weighted by molar-refractivity contribution is 5.83. The molecule has 0 aromatic heterocycles. The number of Topliss-reactive ketones (excluding diaryl/α,β-unsaturated/α-hetero) is 1. The molecule has 0 spiro atoms. The number of rotatable bonds is 10. The number of likely N-dealkylation sites (N-methyl/N-ethyl adjacent to an activating group) is 1. The van der Waals surface area contributed by atoms with E-state index in [1.54, 1.807) is 0 Å². The molecular formula is C16H30N4O3. The SMILES string of the molecule is C[13C](=O)[13CH2][13CH2][15NH][13C](=O)[13CH2]CNC(=O)C1CCC[15N]1[13CH2][13CH2]N(C)C. The average molecular weight is 335 g/mol. The fourth-order valence-corrected chi connectivity index (χ4v) is 2.60. The molecule has 1 atom stereocenters. The summed E-state index contributed by atoms with van der Waals surface area (Å²) in [5.41, 5.74) is 0. The highest BCUT2D eigenvalue weighted by Crippen LogP contribution is 2.16. The zero-order chi connectivity index (χ0) is 17.2. The summed E-state index contributed by atoms with van der Waals surface area (Å²) in [5.74, 6) is -0.0714. The zero-order valence-corrected chi connectivity index (χ0v) is 14.6. The summed E-state index contributed by atoms with van der Waals surface area (Å²) >= 11 is 0. The van der Waals surface area contributed by atoms with Gasteiger partial charge in [0.15, 0.2) is 0 Å². The topological polar surface area (TPSA) is 81.8 Å². The first-order chi connectivity index (χ1) is 10.9. The lowest BCUT2D eigenvalue weighted by atomic mass is 10.2. The number of hydrogen-bond donors (Lipinski definition) is 2.